The van der Waals surface area contributed by atoms with Gasteiger partial charge in [-0.1, -0.05) is 17.6 Å². The van der Waals surface area contributed by atoms with Crippen LogP contribution in [0.15, 0.2) is 48.8 Å². The summed E-state index contributed by atoms with van der Waals surface area (Å²) >= 11 is 0. The fourth-order valence-corrected chi connectivity index (χ4v) is 2.19. The Bertz CT molecular complexity index is 850. The van der Waals surface area contributed by atoms with Crippen LogP contribution < -0.4 is 16.1 Å². The second kappa shape index (κ2) is 5.85. The molecule has 0 fully saturated rings. The van der Waals surface area contributed by atoms with E-state index in [1.165, 1.54) is 13.3 Å². The van der Waals surface area contributed by atoms with Crippen molar-refractivity contribution in [3.8, 4) is 0 Å². The number of rotatable bonds is 3. The highest BCUT2D eigenvalue weighted by Gasteiger charge is 2.06. The minimum atomic E-state index is -0.124. The van der Waals surface area contributed by atoms with E-state index in [0.29, 0.717) is 17.0 Å². The number of anilines is 3. The van der Waals surface area contributed by atoms with Gasteiger partial charge in [-0.15, -0.1) is 0 Å². The highest BCUT2D eigenvalue weighted by Crippen LogP contribution is 2.25. The third-order valence-corrected chi connectivity index (χ3v) is 3.11. The van der Waals surface area contributed by atoms with Crippen LogP contribution in [0.2, 0.25) is 0 Å². The summed E-state index contributed by atoms with van der Waals surface area (Å²) < 4.78 is 0. The SMILES string of the molecule is [B]c1cccc(Nc2ncnc3ccc(NC(C)=O)cc23)c1. The van der Waals surface area contributed by atoms with Crippen LogP contribution >= 0.6 is 0 Å². The molecule has 0 aliphatic rings. The Morgan fingerprint density at radius 1 is 1.09 bits per heavy atom. The van der Waals surface area contributed by atoms with Gasteiger partial charge in [0.15, 0.2) is 0 Å². The first-order chi connectivity index (χ1) is 10.6. The average Bonchev–Trinajstić information content (AvgIpc) is 2.47. The van der Waals surface area contributed by atoms with Crippen molar-refractivity contribution >= 4 is 47.3 Å². The van der Waals surface area contributed by atoms with Crippen molar-refractivity contribution in [2.45, 2.75) is 6.92 Å². The minimum absolute atomic E-state index is 0.124. The summed E-state index contributed by atoms with van der Waals surface area (Å²) in [5.41, 5.74) is 2.99. The van der Waals surface area contributed by atoms with Gasteiger partial charge in [-0.25, -0.2) is 9.97 Å². The topological polar surface area (TPSA) is 66.9 Å². The van der Waals surface area contributed by atoms with Crippen LogP contribution in [-0.4, -0.2) is 23.7 Å². The second-order valence-electron chi connectivity index (χ2n) is 4.89. The van der Waals surface area contributed by atoms with Crippen molar-refractivity contribution in [1.29, 1.82) is 0 Å². The van der Waals surface area contributed by atoms with E-state index in [2.05, 4.69) is 20.6 Å². The smallest absolute Gasteiger partial charge is 0.221 e. The van der Waals surface area contributed by atoms with Crippen LogP contribution in [0.1, 0.15) is 6.92 Å². The van der Waals surface area contributed by atoms with E-state index in [0.717, 1.165) is 16.6 Å². The van der Waals surface area contributed by atoms with E-state index in [-0.39, 0.29) is 5.91 Å². The molecule has 0 saturated carbocycles. The maximum Gasteiger partial charge on any atom is 0.221 e. The van der Waals surface area contributed by atoms with Gasteiger partial charge in [-0.3, -0.25) is 4.79 Å². The molecule has 2 aromatic carbocycles. The Hall–Kier alpha value is -2.89. The lowest BCUT2D eigenvalue weighted by atomic mass is 9.96. The summed E-state index contributed by atoms with van der Waals surface area (Å²) in [4.78, 5) is 19.7. The lowest BCUT2D eigenvalue weighted by molar-refractivity contribution is -0.114. The Kier molecular flexibility index (Phi) is 3.74. The van der Waals surface area contributed by atoms with E-state index in [9.17, 15) is 4.79 Å². The largest absolute Gasteiger partial charge is 0.340 e. The van der Waals surface area contributed by atoms with E-state index in [4.69, 9.17) is 7.85 Å². The molecular weight excluding hydrogens is 275 g/mol. The Morgan fingerprint density at radius 2 is 1.95 bits per heavy atom. The quantitative estimate of drug-likeness (QED) is 0.724. The highest BCUT2D eigenvalue weighted by atomic mass is 16.1. The van der Waals surface area contributed by atoms with Crippen LogP contribution in [0.25, 0.3) is 10.9 Å². The Morgan fingerprint density at radius 3 is 2.73 bits per heavy atom. The van der Waals surface area contributed by atoms with Crippen LogP contribution in [0.3, 0.4) is 0 Å². The number of amides is 1. The van der Waals surface area contributed by atoms with Gasteiger partial charge < -0.3 is 10.6 Å². The summed E-state index contributed by atoms with van der Waals surface area (Å²) in [6.07, 6.45) is 1.50. The van der Waals surface area contributed by atoms with E-state index < -0.39 is 0 Å². The van der Waals surface area contributed by atoms with Crippen molar-refractivity contribution in [2.75, 3.05) is 10.6 Å². The fourth-order valence-electron chi connectivity index (χ4n) is 2.19. The summed E-state index contributed by atoms with van der Waals surface area (Å²) in [6, 6.07) is 12.9. The third-order valence-electron chi connectivity index (χ3n) is 3.11. The highest BCUT2D eigenvalue weighted by molar-refractivity contribution is 6.32. The number of benzene rings is 2. The molecule has 0 aliphatic carbocycles. The monoisotopic (exact) mass is 288 g/mol. The Labute approximate surface area is 129 Å². The number of nitrogens with one attached hydrogen (secondary N) is 2. The first kappa shape index (κ1) is 14.1. The summed E-state index contributed by atoms with van der Waals surface area (Å²) in [7, 11) is 5.78. The lowest BCUT2D eigenvalue weighted by Gasteiger charge is -2.10. The van der Waals surface area contributed by atoms with E-state index in [1.807, 2.05) is 36.4 Å². The third kappa shape index (κ3) is 3.06. The van der Waals surface area contributed by atoms with Gasteiger partial charge in [0.1, 0.15) is 20.0 Å². The molecule has 1 heterocycles. The molecule has 0 unspecified atom stereocenters. The van der Waals surface area contributed by atoms with Crippen molar-refractivity contribution in [1.82, 2.24) is 9.97 Å². The molecule has 3 aromatic rings. The predicted molar refractivity (Wildman–Crippen MR) is 89.0 cm³/mol. The maximum atomic E-state index is 11.2. The molecule has 106 valence electrons. The van der Waals surface area contributed by atoms with Gasteiger partial charge in [0.05, 0.1) is 5.52 Å². The predicted octanol–water partition coefficient (Wildman–Crippen LogP) is 2.13. The van der Waals surface area contributed by atoms with Crippen molar-refractivity contribution < 1.29 is 4.79 Å². The van der Waals surface area contributed by atoms with Crippen LogP contribution in [0.5, 0.6) is 0 Å². The van der Waals surface area contributed by atoms with E-state index in [1.54, 1.807) is 6.07 Å². The summed E-state index contributed by atoms with van der Waals surface area (Å²) in [5, 5.41) is 6.80. The van der Waals surface area contributed by atoms with Gasteiger partial charge in [0.25, 0.3) is 0 Å². The van der Waals surface area contributed by atoms with Gasteiger partial charge >= 0.3 is 0 Å². The van der Waals surface area contributed by atoms with Gasteiger partial charge in [0, 0.05) is 23.7 Å². The van der Waals surface area contributed by atoms with Crippen LogP contribution in [0.4, 0.5) is 17.2 Å². The second-order valence-corrected chi connectivity index (χ2v) is 4.89. The van der Waals surface area contributed by atoms with Gasteiger partial charge in [0.2, 0.25) is 5.91 Å². The zero-order valence-corrected chi connectivity index (χ0v) is 12.0. The average molecular weight is 288 g/mol. The van der Waals surface area contributed by atoms with Crippen LogP contribution in [-0.2, 0) is 4.79 Å². The molecule has 0 saturated heterocycles. The zero-order chi connectivity index (χ0) is 15.5. The first-order valence-electron chi connectivity index (χ1n) is 6.77. The van der Waals surface area contributed by atoms with Crippen molar-refractivity contribution in [3.05, 3.63) is 48.8 Å². The molecule has 22 heavy (non-hydrogen) atoms. The fraction of sp³-hybridized carbons (Fsp3) is 0.0625. The van der Waals surface area contributed by atoms with Gasteiger partial charge in [-0.2, -0.15) is 0 Å². The van der Waals surface area contributed by atoms with Crippen molar-refractivity contribution in [3.63, 3.8) is 0 Å². The molecule has 3 rings (SSSR count). The molecule has 1 amide bonds. The summed E-state index contributed by atoms with van der Waals surface area (Å²) in [5.74, 6) is 0.532. The first-order valence-corrected chi connectivity index (χ1v) is 6.77. The number of hydrogen-bond donors (Lipinski definition) is 2. The van der Waals surface area contributed by atoms with E-state index >= 15 is 0 Å². The molecule has 5 nitrogen and oxygen atoms in total. The zero-order valence-electron chi connectivity index (χ0n) is 12.0. The molecule has 2 radical (unpaired) electrons. The molecule has 0 aliphatic heterocycles. The maximum absolute atomic E-state index is 11.2. The minimum Gasteiger partial charge on any atom is -0.340 e. The van der Waals surface area contributed by atoms with Crippen LogP contribution in [0, 0.1) is 0 Å². The number of carbonyl (C=O) groups is 1. The molecule has 2 N–H and O–H groups in total. The normalized spacial score (nSPS) is 10.4. The van der Waals surface area contributed by atoms with Gasteiger partial charge in [-0.05, 0) is 30.3 Å². The lowest BCUT2D eigenvalue weighted by Crippen LogP contribution is -2.06. The standard InChI is InChI=1S/C16H13BN4O/c1-10(22)20-13-5-6-15-14(8-13)16(19-9-18-15)21-12-4-2-3-11(17)7-12/h2-9H,1H3,(H,20,22)(H,18,19,21). The molecule has 0 spiro atoms. The number of aromatic nitrogens is 2. The number of hydrogen-bond acceptors (Lipinski definition) is 4. The number of fused-ring (bicyclic) bond motifs is 1. The Balaban J connectivity index is 2.02. The molecule has 1 aromatic heterocycles. The molecule has 6 heteroatoms. The molecule has 0 atom stereocenters. The summed E-state index contributed by atoms with van der Waals surface area (Å²) in [6.45, 7) is 1.47. The molecular formula is C16H13BN4O. The van der Waals surface area contributed by atoms with Crippen molar-refractivity contribution in [2.24, 2.45) is 0 Å². The number of carbonyl (C=O) groups excluding carboxylic acids is 1. The molecule has 0 bridgehead atoms. The number of nitrogens with zero attached hydrogens (tertiary/aromatic N) is 2.